The Kier molecular flexibility index (Phi) is 7.59. The summed E-state index contributed by atoms with van der Waals surface area (Å²) in [5.41, 5.74) is 8.50. The number of aryl methyl sites for hydroxylation is 1. The standard InChI is InChI=1S/C35H34N2O5/c1-40-32-18-29-26(33(41-2)34(32)42-3)14-13-22-16-27(21-9-5-4-6-10-21)30(17-28(22)29)35(39)37-24(20-38)15-23-19-36-31-12-8-7-11-25(23)31/h4-12,16-19,24,36,38H,13-15,20H2,1-3H3,(H,37,39)/t24-/m1/s1. The number of amides is 1. The number of nitrogens with one attached hydrogen (secondary N) is 2. The van der Waals surface area contributed by atoms with E-state index >= 15 is 0 Å². The van der Waals surface area contributed by atoms with Gasteiger partial charge in [-0.05, 0) is 76.9 Å². The van der Waals surface area contributed by atoms with Crippen LogP contribution in [0.25, 0.3) is 33.2 Å². The number of aliphatic hydroxyl groups is 1. The third-order valence-electron chi connectivity index (χ3n) is 8.14. The number of methoxy groups -OCH3 is 3. The lowest BCUT2D eigenvalue weighted by atomic mass is 9.81. The number of aromatic amines is 1. The lowest BCUT2D eigenvalue weighted by Crippen LogP contribution is -2.39. The molecule has 0 bridgehead atoms. The van der Waals surface area contributed by atoms with E-state index in [9.17, 15) is 9.90 Å². The van der Waals surface area contributed by atoms with Crippen molar-refractivity contribution in [3.05, 3.63) is 101 Å². The van der Waals surface area contributed by atoms with Crippen molar-refractivity contribution in [1.82, 2.24) is 10.3 Å². The molecule has 214 valence electrons. The Labute approximate surface area is 245 Å². The molecule has 0 radical (unpaired) electrons. The van der Waals surface area contributed by atoms with Gasteiger partial charge in [0.2, 0.25) is 5.75 Å². The summed E-state index contributed by atoms with van der Waals surface area (Å²) < 4.78 is 17.1. The second-order valence-corrected chi connectivity index (χ2v) is 10.5. The van der Waals surface area contributed by atoms with Gasteiger partial charge in [-0.3, -0.25) is 4.79 Å². The summed E-state index contributed by atoms with van der Waals surface area (Å²) in [6.07, 6.45) is 3.99. The number of H-pyrrole nitrogens is 1. The van der Waals surface area contributed by atoms with Gasteiger partial charge in [-0.15, -0.1) is 0 Å². The molecule has 1 amide bonds. The highest BCUT2D eigenvalue weighted by molar-refractivity contribution is 6.03. The fourth-order valence-electron chi connectivity index (χ4n) is 6.10. The molecule has 7 nitrogen and oxygen atoms in total. The van der Waals surface area contributed by atoms with E-state index < -0.39 is 6.04 Å². The Hall–Kier alpha value is -4.75. The molecular weight excluding hydrogens is 528 g/mol. The maximum Gasteiger partial charge on any atom is 0.252 e. The van der Waals surface area contributed by atoms with Gasteiger partial charge in [0.25, 0.3) is 5.91 Å². The number of benzene rings is 4. The van der Waals surface area contributed by atoms with Crippen molar-refractivity contribution in [1.29, 1.82) is 0 Å². The van der Waals surface area contributed by atoms with Crippen LogP contribution in [-0.2, 0) is 19.3 Å². The van der Waals surface area contributed by atoms with Crippen LogP contribution in [0.1, 0.15) is 27.0 Å². The lowest BCUT2D eigenvalue weighted by Gasteiger charge is -2.26. The first kappa shape index (κ1) is 27.4. The van der Waals surface area contributed by atoms with E-state index in [2.05, 4.69) is 16.4 Å². The minimum Gasteiger partial charge on any atom is -0.493 e. The summed E-state index contributed by atoms with van der Waals surface area (Å²) in [5, 5.41) is 14.5. The first-order valence-electron chi connectivity index (χ1n) is 14.1. The molecule has 4 aromatic carbocycles. The molecule has 1 heterocycles. The van der Waals surface area contributed by atoms with E-state index in [4.69, 9.17) is 14.2 Å². The Bertz CT molecular complexity index is 1760. The normalized spacial score (nSPS) is 12.8. The second kappa shape index (κ2) is 11.6. The van der Waals surface area contributed by atoms with Crippen molar-refractivity contribution >= 4 is 16.8 Å². The number of hydrogen-bond acceptors (Lipinski definition) is 5. The Morgan fingerprint density at radius 2 is 1.64 bits per heavy atom. The zero-order valence-corrected chi connectivity index (χ0v) is 24.0. The number of carbonyl (C=O) groups excluding carboxylic acids is 1. The molecule has 0 unspecified atom stereocenters. The average molecular weight is 563 g/mol. The van der Waals surface area contributed by atoms with Crippen LogP contribution in [0.4, 0.5) is 0 Å². The summed E-state index contributed by atoms with van der Waals surface area (Å²) in [7, 11) is 4.84. The van der Waals surface area contributed by atoms with Gasteiger partial charge in [-0.25, -0.2) is 0 Å². The summed E-state index contributed by atoms with van der Waals surface area (Å²) in [4.78, 5) is 17.3. The van der Waals surface area contributed by atoms with Gasteiger partial charge < -0.3 is 29.6 Å². The summed E-state index contributed by atoms with van der Waals surface area (Å²) in [6.45, 7) is -0.187. The number of aliphatic hydroxyl groups excluding tert-OH is 1. The van der Waals surface area contributed by atoms with Crippen LogP contribution in [0, 0.1) is 0 Å². The molecule has 7 heteroatoms. The maximum atomic E-state index is 14.0. The van der Waals surface area contributed by atoms with Crippen molar-refractivity contribution in [3.8, 4) is 39.5 Å². The van der Waals surface area contributed by atoms with E-state index in [1.807, 2.05) is 72.9 Å². The number of para-hydroxylation sites is 1. The zero-order chi connectivity index (χ0) is 29.2. The molecular formula is C35H34N2O5. The van der Waals surface area contributed by atoms with Gasteiger partial charge in [0.05, 0.1) is 34.0 Å². The minimum absolute atomic E-state index is 0.187. The lowest BCUT2D eigenvalue weighted by molar-refractivity contribution is 0.0917. The van der Waals surface area contributed by atoms with Gasteiger partial charge in [0.1, 0.15) is 0 Å². The monoisotopic (exact) mass is 562 g/mol. The fraction of sp³-hybridized carbons (Fsp3) is 0.229. The number of ether oxygens (including phenoxy) is 3. The molecule has 0 saturated carbocycles. The molecule has 0 saturated heterocycles. The van der Waals surface area contributed by atoms with Crippen molar-refractivity contribution in [2.24, 2.45) is 0 Å². The fourth-order valence-corrected chi connectivity index (χ4v) is 6.10. The van der Waals surface area contributed by atoms with Crippen molar-refractivity contribution in [2.45, 2.75) is 25.3 Å². The number of hydrogen-bond donors (Lipinski definition) is 3. The van der Waals surface area contributed by atoms with E-state index in [0.717, 1.165) is 62.7 Å². The van der Waals surface area contributed by atoms with Crippen LogP contribution >= 0.6 is 0 Å². The van der Waals surface area contributed by atoms with Crippen LogP contribution in [0.5, 0.6) is 17.2 Å². The molecule has 6 rings (SSSR count). The van der Waals surface area contributed by atoms with Crippen molar-refractivity contribution < 1.29 is 24.1 Å². The van der Waals surface area contributed by atoms with Crippen molar-refractivity contribution in [2.75, 3.05) is 27.9 Å². The molecule has 5 aromatic rings. The molecule has 1 aromatic heterocycles. The predicted molar refractivity (Wildman–Crippen MR) is 165 cm³/mol. The van der Waals surface area contributed by atoms with Crippen LogP contribution in [0.15, 0.2) is 79.0 Å². The van der Waals surface area contributed by atoms with Gasteiger partial charge in [-0.1, -0.05) is 48.5 Å². The summed E-state index contributed by atoms with van der Waals surface area (Å²) >= 11 is 0. The topological polar surface area (TPSA) is 92.8 Å². The van der Waals surface area contributed by atoms with Gasteiger partial charge in [0.15, 0.2) is 11.5 Å². The maximum absolute atomic E-state index is 14.0. The molecule has 3 N–H and O–H groups in total. The number of aromatic nitrogens is 1. The van der Waals surface area contributed by atoms with Crippen LogP contribution < -0.4 is 19.5 Å². The SMILES string of the molecule is COc1cc2c(c(OC)c1OC)CCc1cc(-c3ccccc3)c(C(=O)N[C@@H](CO)Cc3c[nH]c4ccccc34)cc1-2. The third kappa shape index (κ3) is 4.86. The first-order chi connectivity index (χ1) is 20.6. The van der Waals surface area contributed by atoms with E-state index in [-0.39, 0.29) is 12.5 Å². The largest absolute Gasteiger partial charge is 0.493 e. The van der Waals surface area contributed by atoms with E-state index in [0.29, 0.717) is 29.2 Å². The molecule has 42 heavy (non-hydrogen) atoms. The number of fused-ring (bicyclic) bond motifs is 4. The predicted octanol–water partition coefficient (Wildman–Crippen LogP) is 5.96. The second-order valence-electron chi connectivity index (χ2n) is 10.5. The van der Waals surface area contributed by atoms with Gasteiger partial charge in [-0.2, -0.15) is 0 Å². The zero-order valence-electron chi connectivity index (χ0n) is 24.0. The Balaban J connectivity index is 1.43. The molecule has 1 aliphatic rings. The van der Waals surface area contributed by atoms with E-state index in [1.54, 1.807) is 21.3 Å². The average Bonchev–Trinajstić information content (AvgIpc) is 3.45. The van der Waals surface area contributed by atoms with Crippen molar-refractivity contribution in [3.63, 3.8) is 0 Å². The highest BCUT2D eigenvalue weighted by Gasteiger charge is 2.28. The Morgan fingerprint density at radius 1 is 0.881 bits per heavy atom. The summed E-state index contributed by atoms with van der Waals surface area (Å²) in [6, 6.07) is 23.6. The molecule has 0 aliphatic heterocycles. The van der Waals surface area contributed by atoms with Gasteiger partial charge >= 0.3 is 0 Å². The highest BCUT2D eigenvalue weighted by Crippen LogP contribution is 2.49. The molecule has 0 fully saturated rings. The number of rotatable bonds is 9. The third-order valence-corrected chi connectivity index (χ3v) is 8.14. The van der Waals surface area contributed by atoms with Crippen LogP contribution in [0.3, 0.4) is 0 Å². The van der Waals surface area contributed by atoms with Crippen LogP contribution in [-0.4, -0.2) is 50.0 Å². The quantitative estimate of drug-likeness (QED) is 0.206. The minimum atomic E-state index is -0.465. The summed E-state index contributed by atoms with van der Waals surface area (Å²) in [5.74, 6) is 1.53. The molecule has 0 spiro atoms. The number of carbonyl (C=O) groups is 1. The highest BCUT2D eigenvalue weighted by atomic mass is 16.5. The molecule has 1 aliphatic carbocycles. The first-order valence-corrected chi connectivity index (χ1v) is 14.1. The molecule has 1 atom stereocenters. The van der Waals surface area contributed by atoms with Crippen LogP contribution in [0.2, 0.25) is 0 Å². The van der Waals surface area contributed by atoms with E-state index in [1.165, 1.54) is 0 Å². The smallest absolute Gasteiger partial charge is 0.252 e. The Morgan fingerprint density at radius 3 is 2.38 bits per heavy atom. The van der Waals surface area contributed by atoms with Gasteiger partial charge in [0, 0.05) is 28.2 Å².